The Bertz CT molecular complexity index is 261. The van der Waals surface area contributed by atoms with Crippen molar-refractivity contribution in [3.63, 3.8) is 0 Å². The van der Waals surface area contributed by atoms with Crippen LogP contribution < -0.4 is 11.1 Å². The Morgan fingerprint density at radius 2 is 1.94 bits per heavy atom. The Labute approximate surface area is 102 Å². The SMILES string of the molecule is COC(=O)CCC(CN)NC(=O)OC(C)(C)C. The molecule has 17 heavy (non-hydrogen) atoms. The Morgan fingerprint density at radius 1 is 1.35 bits per heavy atom. The molecule has 3 N–H and O–H groups in total. The van der Waals surface area contributed by atoms with E-state index in [-0.39, 0.29) is 25.0 Å². The highest BCUT2D eigenvalue weighted by atomic mass is 16.6. The Kier molecular flexibility index (Phi) is 6.57. The van der Waals surface area contributed by atoms with Crippen molar-refractivity contribution in [1.29, 1.82) is 0 Å². The summed E-state index contributed by atoms with van der Waals surface area (Å²) in [6.07, 6.45) is 0.120. The van der Waals surface area contributed by atoms with Crippen molar-refractivity contribution in [2.75, 3.05) is 13.7 Å². The van der Waals surface area contributed by atoms with Crippen molar-refractivity contribution in [3.8, 4) is 0 Å². The number of carbonyl (C=O) groups is 2. The highest BCUT2D eigenvalue weighted by Gasteiger charge is 2.19. The van der Waals surface area contributed by atoms with Crippen molar-refractivity contribution in [3.05, 3.63) is 0 Å². The first-order valence-corrected chi connectivity index (χ1v) is 5.55. The zero-order chi connectivity index (χ0) is 13.5. The second kappa shape index (κ2) is 7.11. The van der Waals surface area contributed by atoms with Crippen LogP contribution in [0.3, 0.4) is 0 Å². The summed E-state index contributed by atoms with van der Waals surface area (Å²) in [4.78, 5) is 22.4. The first-order chi connectivity index (χ1) is 7.78. The van der Waals surface area contributed by atoms with E-state index in [2.05, 4.69) is 10.1 Å². The van der Waals surface area contributed by atoms with Crippen molar-refractivity contribution in [2.24, 2.45) is 5.73 Å². The van der Waals surface area contributed by atoms with Crippen LogP contribution in [0.25, 0.3) is 0 Å². The molecule has 0 aliphatic carbocycles. The summed E-state index contributed by atoms with van der Waals surface area (Å²) in [6.45, 7) is 5.58. The van der Waals surface area contributed by atoms with Crippen molar-refractivity contribution in [2.45, 2.75) is 45.3 Å². The Hall–Kier alpha value is -1.30. The molecule has 0 aromatic rings. The zero-order valence-electron chi connectivity index (χ0n) is 10.9. The molecule has 1 atom stereocenters. The maximum atomic E-state index is 11.4. The quantitative estimate of drug-likeness (QED) is 0.700. The predicted octanol–water partition coefficient (Wildman–Crippen LogP) is 0.792. The number of hydrogen-bond donors (Lipinski definition) is 2. The van der Waals surface area contributed by atoms with Gasteiger partial charge in [-0.2, -0.15) is 0 Å². The van der Waals surface area contributed by atoms with Crippen LogP contribution in [0.4, 0.5) is 4.79 Å². The van der Waals surface area contributed by atoms with E-state index in [1.165, 1.54) is 7.11 Å². The molecular formula is C11H22N2O4. The van der Waals surface area contributed by atoms with Crippen LogP contribution in [0.2, 0.25) is 0 Å². The van der Waals surface area contributed by atoms with Crippen LogP contribution in [0.15, 0.2) is 0 Å². The third kappa shape index (κ3) is 8.50. The molecular weight excluding hydrogens is 224 g/mol. The highest BCUT2D eigenvalue weighted by molar-refractivity contribution is 5.70. The van der Waals surface area contributed by atoms with Crippen LogP contribution in [0.1, 0.15) is 33.6 Å². The summed E-state index contributed by atoms with van der Waals surface area (Å²) < 4.78 is 9.59. The zero-order valence-corrected chi connectivity index (χ0v) is 10.9. The summed E-state index contributed by atoms with van der Waals surface area (Å²) in [5.41, 5.74) is 4.94. The molecule has 0 spiro atoms. The lowest BCUT2D eigenvalue weighted by Crippen LogP contribution is -2.43. The molecule has 6 heteroatoms. The van der Waals surface area contributed by atoms with Crippen LogP contribution in [0, 0.1) is 0 Å². The average molecular weight is 246 g/mol. The van der Waals surface area contributed by atoms with Gasteiger partial charge in [0.05, 0.1) is 7.11 Å². The fraction of sp³-hybridized carbons (Fsp3) is 0.818. The maximum Gasteiger partial charge on any atom is 0.407 e. The minimum Gasteiger partial charge on any atom is -0.469 e. The molecule has 0 rings (SSSR count). The molecule has 0 saturated carbocycles. The Balaban J connectivity index is 4.04. The smallest absolute Gasteiger partial charge is 0.407 e. The van der Waals surface area contributed by atoms with Crippen molar-refractivity contribution >= 4 is 12.1 Å². The summed E-state index contributed by atoms with van der Waals surface area (Å²) in [7, 11) is 1.32. The van der Waals surface area contributed by atoms with E-state index in [4.69, 9.17) is 10.5 Å². The third-order valence-corrected chi connectivity index (χ3v) is 1.93. The number of nitrogens with one attached hydrogen (secondary N) is 1. The van der Waals surface area contributed by atoms with E-state index in [1.54, 1.807) is 20.8 Å². The summed E-state index contributed by atoms with van der Waals surface area (Å²) in [6, 6.07) is -0.288. The molecule has 0 fully saturated rings. The molecule has 0 bridgehead atoms. The number of ether oxygens (including phenoxy) is 2. The van der Waals surface area contributed by atoms with Gasteiger partial charge in [0.2, 0.25) is 0 Å². The average Bonchev–Trinajstić information content (AvgIpc) is 2.20. The van der Waals surface area contributed by atoms with Gasteiger partial charge in [0, 0.05) is 19.0 Å². The molecule has 1 unspecified atom stereocenters. The van der Waals surface area contributed by atoms with Crippen LogP contribution in [-0.2, 0) is 14.3 Å². The van der Waals surface area contributed by atoms with E-state index in [9.17, 15) is 9.59 Å². The molecule has 6 nitrogen and oxygen atoms in total. The van der Waals surface area contributed by atoms with Gasteiger partial charge >= 0.3 is 12.1 Å². The number of rotatable bonds is 5. The predicted molar refractivity (Wildman–Crippen MR) is 63.5 cm³/mol. The normalized spacial score (nSPS) is 12.8. The number of nitrogens with two attached hydrogens (primary N) is 1. The summed E-state index contributed by atoms with van der Waals surface area (Å²) in [5, 5.41) is 2.61. The van der Waals surface area contributed by atoms with E-state index < -0.39 is 11.7 Å². The fourth-order valence-corrected chi connectivity index (χ4v) is 1.12. The number of hydrogen-bond acceptors (Lipinski definition) is 5. The molecule has 0 aromatic carbocycles. The molecule has 100 valence electrons. The van der Waals surface area contributed by atoms with Gasteiger partial charge in [0.25, 0.3) is 0 Å². The molecule has 0 aliphatic heterocycles. The first-order valence-electron chi connectivity index (χ1n) is 5.55. The first kappa shape index (κ1) is 15.7. The highest BCUT2D eigenvalue weighted by Crippen LogP contribution is 2.07. The minimum absolute atomic E-state index is 0.216. The summed E-state index contributed by atoms with van der Waals surface area (Å²) >= 11 is 0. The number of carbonyl (C=O) groups excluding carboxylic acids is 2. The number of alkyl carbamates (subject to hydrolysis) is 1. The molecule has 0 saturated heterocycles. The minimum atomic E-state index is -0.550. The lowest BCUT2D eigenvalue weighted by Gasteiger charge is -2.22. The molecule has 1 amide bonds. The molecule has 0 radical (unpaired) electrons. The Morgan fingerprint density at radius 3 is 2.35 bits per heavy atom. The van der Waals surface area contributed by atoms with Crippen molar-refractivity contribution < 1.29 is 19.1 Å². The van der Waals surface area contributed by atoms with E-state index in [1.807, 2.05) is 0 Å². The largest absolute Gasteiger partial charge is 0.469 e. The second-order valence-corrected chi connectivity index (χ2v) is 4.69. The number of amides is 1. The van der Waals surface area contributed by atoms with Crippen molar-refractivity contribution in [1.82, 2.24) is 5.32 Å². The molecule has 0 aromatic heterocycles. The van der Waals surface area contributed by atoms with E-state index >= 15 is 0 Å². The number of esters is 1. The number of methoxy groups -OCH3 is 1. The van der Waals surface area contributed by atoms with Crippen LogP contribution >= 0.6 is 0 Å². The van der Waals surface area contributed by atoms with Crippen LogP contribution in [0.5, 0.6) is 0 Å². The fourth-order valence-electron chi connectivity index (χ4n) is 1.12. The monoisotopic (exact) mass is 246 g/mol. The second-order valence-electron chi connectivity index (χ2n) is 4.69. The van der Waals surface area contributed by atoms with E-state index in [0.717, 1.165) is 0 Å². The van der Waals surface area contributed by atoms with Crippen LogP contribution in [-0.4, -0.2) is 37.4 Å². The molecule has 0 heterocycles. The van der Waals surface area contributed by atoms with Gasteiger partial charge in [-0.3, -0.25) is 4.79 Å². The lowest BCUT2D eigenvalue weighted by molar-refractivity contribution is -0.140. The topological polar surface area (TPSA) is 90.6 Å². The standard InChI is InChI=1S/C11H22N2O4/c1-11(2,3)17-10(15)13-8(7-12)5-6-9(14)16-4/h8H,5-7,12H2,1-4H3,(H,13,15). The van der Waals surface area contributed by atoms with Gasteiger partial charge < -0.3 is 20.5 Å². The molecule has 0 aliphatic rings. The lowest BCUT2D eigenvalue weighted by atomic mass is 10.1. The maximum absolute atomic E-state index is 11.4. The van der Waals surface area contributed by atoms with Gasteiger partial charge in [-0.05, 0) is 27.2 Å². The summed E-state index contributed by atoms with van der Waals surface area (Å²) in [5.74, 6) is -0.325. The van der Waals surface area contributed by atoms with Gasteiger partial charge in [0.1, 0.15) is 5.60 Å². The van der Waals surface area contributed by atoms with Gasteiger partial charge in [-0.15, -0.1) is 0 Å². The van der Waals surface area contributed by atoms with Gasteiger partial charge in [-0.25, -0.2) is 4.79 Å². The third-order valence-electron chi connectivity index (χ3n) is 1.93. The van der Waals surface area contributed by atoms with Gasteiger partial charge in [0.15, 0.2) is 0 Å². The van der Waals surface area contributed by atoms with Gasteiger partial charge in [-0.1, -0.05) is 0 Å². The van der Waals surface area contributed by atoms with E-state index in [0.29, 0.717) is 6.42 Å².